The van der Waals surface area contributed by atoms with Crippen molar-refractivity contribution in [3.05, 3.63) is 30.2 Å². The van der Waals surface area contributed by atoms with Gasteiger partial charge in [-0.15, -0.1) is 0 Å². The third kappa shape index (κ3) is 1.29. The molecule has 0 saturated heterocycles. The highest BCUT2D eigenvalue weighted by atomic mass is 79.9. The highest BCUT2D eigenvalue weighted by Crippen LogP contribution is 2.34. The topological polar surface area (TPSA) is 50.2 Å². The predicted octanol–water partition coefficient (Wildman–Crippen LogP) is 2.31. The molecule has 0 saturated carbocycles. The molecule has 2 rings (SSSR count). The molecule has 7 heteroatoms. The van der Waals surface area contributed by atoms with E-state index in [-0.39, 0.29) is 5.56 Å². The number of rotatable bonds is 0. The fraction of sp³-hybridized carbons (Fsp3) is 0. The van der Waals surface area contributed by atoms with Crippen LogP contribution in [-0.4, -0.2) is 14.6 Å². The van der Waals surface area contributed by atoms with Gasteiger partial charge in [0.15, 0.2) is 0 Å². The van der Waals surface area contributed by atoms with E-state index in [1.165, 1.54) is 6.33 Å². The van der Waals surface area contributed by atoms with Gasteiger partial charge in [0, 0.05) is 0 Å². The van der Waals surface area contributed by atoms with Crippen molar-refractivity contribution < 1.29 is 0 Å². The number of fused-ring (bicyclic) bond motifs is 1. The van der Waals surface area contributed by atoms with Crippen LogP contribution in [0.15, 0.2) is 24.7 Å². The Morgan fingerprint density at radius 3 is 2.62 bits per heavy atom. The average Bonchev–Trinajstić information content (AvgIpc) is 2.33. The summed E-state index contributed by atoms with van der Waals surface area (Å²) in [5.74, 6) is 0. The van der Waals surface area contributed by atoms with Crippen LogP contribution >= 0.6 is 47.8 Å². The first-order valence-corrected chi connectivity index (χ1v) is 5.59. The van der Waals surface area contributed by atoms with E-state index in [1.54, 1.807) is 4.40 Å². The molecule has 2 aromatic rings. The van der Waals surface area contributed by atoms with E-state index in [4.69, 9.17) is 0 Å². The van der Waals surface area contributed by atoms with Gasteiger partial charge in [0.2, 0.25) is 0 Å². The van der Waals surface area contributed by atoms with Crippen molar-refractivity contribution in [1.82, 2.24) is 14.6 Å². The summed E-state index contributed by atoms with van der Waals surface area (Å²) in [6, 6.07) is 0. The molecule has 0 spiro atoms. The second kappa shape index (κ2) is 3.21. The number of hydrogen-bond donors (Lipinski definition) is 1. The quantitative estimate of drug-likeness (QED) is 0.772. The van der Waals surface area contributed by atoms with E-state index in [2.05, 4.69) is 58.0 Å². The lowest BCUT2D eigenvalue weighted by atomic mass is 10.5. The first-order valence-electron chi connectivity index (χ1n) is 3.21. The molecule has 0 amide bonds. The fourth-order valence-electron chi connectivity index (χ4n) is 1.02. The molecule has 4 nitrogen and oxygen atoms in total. The second-order valence-corrected chi connectivity index (χ2v) is 4.66. The lowest BCUT2D eigenvalue weighted by molar-refractivity contribution is 0.910. The Kier molecular flexibility index (Phi) is 2.33. The normalized spacial score (nSPS) is 11.0. The molecule has 0 aliphatic heterocycles. The first kappa shape index (κ1) is 9.42. The molecule has 0 unspecified atom stereocenters. The molecule has 68 valence electrons. The zero-order valence-electron chi connectivity index (χ0n) is 6.01. The van der Waals surface area contributed by atoms with Gasteiger partial charge >= 0.3 is 0 Å². The summed E-state index contributed by atoms with van der Waals surface area (Å²) in [6.07, 6.45) is 1.52. The summed E-state index contributed by atoms with van der Waals surface area (Å²) in [7, 11) is 0. The summed E-state index contributed by atoms with van der Waals surface area (Å²) in [5, 5.41) is 6.04. The van der Waals surface area contributed by atoms with Crippen LogP contribution in [0.2, 0.25) is 0 Å². The van der Waals surface area contributed by atoms with Crippen molar-refractivity contribution in [2.75, 3.05) is 0 Å². The van der Waals surface area contributed by atoms with Crippen LogP contribution in [-0.2, 0) is 0 Å². The van der Waals surface area contributed by atoms with Gasteiger partial charge in [0.05, 0.1) is 8.95 Å². The zero-order valence-corrected chi connectivity index (χ0v) is 10.8. The summed E-state index contributed by atoms with van der Waals surface area (Å²) in [6.45, 7) is 0. The molecule has 2 aromatic heterocycles. The van der Waals surface area contributed by atoms with Crippen molar-refractivity contribution in [3.63, 3.8) is 0 Å². The van der Waals surface area contributed by atoms with Gasteiger partial charge in [0.1, 0.15) is 16.4 Å². The van der Waals surface area contributed by atoms with Crippen LogP contribution in [0.3, 0.4) is 0 Å². The number of nitrogens with one attached hydrogen (secondary N) is 1. The molecule has 0 fully saturated rings. The Hall–Kier alpha value is -0.140. The van der Waals surface area contributed by atoms with Crippen molar-refractivity contribution in [2.45, 2.75) is 0 Å². The van der Waals surface area contributed by atoms with Crippen molar-refractivity contribution >= 4 is 53.3 Å². The molecule has 2 heterocycles. The average molecular weight is 372 g/mol. The van der Waals surface area contributed by atoms with Gasteiger partial charge in [0.25, 0.3) is 5.56 Å². The molecule has 13 heavy (non-hydrogen) atoms. The highest BCUT2D eigenvalue weighted by molar-refractivity contribution is 9.14. The van der Waals surface area contributed by atoms with Crippen molar-refractivity contribution in [2.24, 2.45) is 0 Å². The molecule has 0 aliphatic carbocycles. The molecule has 0 radical (unpaired) electrons. The number of hydrogen-bond acceptors (Lipinski definition) is 2. The second-order valence-electron chi connectivity index (χ2n) is 2.32. The maximum absolute atomic E-state index is 11.4. The van der Waals surface area contributed by atoms with Gasteiger partial charge in [-0.2, -0.15) is 5.10 Å². The Balaban J connectivity index is 3.12. The molecule has 0 bridgehead atoms. The molecule has 0 aromatic carbocycles. The minimum Gasteiger partial charge on any atom is -0.286 e. The smallest absolute Gasteiger partial charge is 0.286 e. The van der Waals surface area contributed by atoms with Crippen LogP contribution in [0.5, 0.6) is 0 Å². The Morgan fingerprint density at radius 1 is 1.31 bits per heavy atom. The van der Waals surface area contributed by atoms with Crippen LogP contribution in [0, 0.1) is 0 Å². The third-order valence-corrected chi connectivity index (χ3v) is 4.98. The maximum Gasteiger partial charge on any atom is 0.289 e. The molecule has 0 atom stereocenters. The number of H-pyrrole nitrogens is 1. The van der Waals surface area contributed by atoms with Crippen LogP contribution in [0.25, 0.3) is 5.52 Å². The predicted molar refractivity (Wildman–Crippen MR) is 58.9 cm³/mol. The lowest BCUT2D eigenvalue weighted by Crippen LogP contribution is -2.10. The number of nitrogens with zero attached hydrogens (tertiary/aromatic N) is 2. The number of aromatic nitrogens is 3. The fourth-order valence-corrected chi connectivity index (χ4v) is 2.69. The largest absolute Gasteiger partial charge is 0.289 e. The third-order valence-electron chi connectivity index (χ3n) is 1.59. The van der Waals surface area contributed by atoms with E-state index in [1.807, 2.05) is 0 Å². The van der Waals surface area contributed by atoms with E-state index < -0.39 is 0 Å². The maximum atomic E-state index is 11.4. The van der Waals surface area contributed by atoms with Gasteiger partial charge < -0.3 is 0 Å². The number of aromatic amines is 1. The summed E-state index contributed by atoms with van der Waals surface area (Å²) in [5.41, 5.74) is 0.287. The minimum atomic E-state index is -0.235. The lowest BCUT2D eigenvalue weighted by Gasteiger charge is -1.92. The minimum absolute atomic E-state index is 0.235. The van der Waals surface area contributed by atoms with E-state index in [0.29, 0.717) is 9.99 Å². The van der Waals surface area contributed by atoms with Gasteiger partial charge in [-0.3, -0.25) is 9.20 Å². The van der Waals surface area contributed by atoms with E-state index >= 15 is 0 Å². The monoisotopic (exact) mass is 369 g/mol. The Morgan fingerprint density at radius 2 is 2.00 bits per heavy atom. The molecular formula is C6H2Br3N3O. The molecule has 1 N–H and O–H groups in total. The SMILES string of the molecule is O=c1[nH]ncn2c(Br)c(Br)c(Br)c12. The van der Waals surface area contributed by atoms with Crippen LogP contribution < -0.4 is 5.56 Å². The van der Waals surface area contributed by atoms with E-state index in [9.17, 15) is 4.79 Å². The Bertz CT molecular complexity index is 530. The van der Waals surface area contributed by atoms with Gasteiger partial charge in [-0.1, -0.05) is 0 Å². The van der Waals surface area contributed by atoms with Crippen molar-refractivity contribution in [3.8, 4) is 0 Å². The first-order chi connectivity index (χ1) is 6.13. The molecular weight excluding hydrogens is 370 g/mol. The summed E-state index contributed by atoms with van der Waals surface area (Å²) in [4.78, 5) is 11.4. The standard InChI is InChI=1S/C6H2Br3N3O/c7-2-3(8)5(9)12-1-10-11-6(13)4(2)12/h1H,(H,11,13). The van der Waals surface area contributed by atoms with Gasteiger partial charge in [-0.25, -0.2) is 5.10 Å². The van der Waals surface area contributed by atoms with Crippen LogP contribution in [0.4, 0.5) is 0 Å². The number of halogens is 3. The summed E-state index contributed by atoms with van der Waals surface area (Å²) >= 11 is 9.97. The highest BCUT2D eigenvalue weighted by Gasteiger charge is 2.14. The van der Waals surface area contributed by atoms with Crippen LogP contribution in [0.1, 0.15) is 0 Å². The van der Waals surface area contributed by atoms with Gasteiger partial charge in [-0.05, 0) is 47.8 Å². The summed E-state index contributed by atoms with van der Waals surface area (Å²) < 4.78 is 3.91. The van der Waals surface area contributed by atoms with E-state index in [0.717, 1.165) is 9.08 Å². The van der Waals surface area contributed by atoms with Crippen molar-refractivity contribution in [1.29, 1.82) is 0 Å². The molecule has 0 aliphatic rings. The Labute approximate surface area is 97.7 Å². The zero-order chi connectivity index (χ0) is 9.59.